The molecule has 1 atom stereocenters. The Morgan fingerprint density at radius 3 is 2.54 bits per heavy atom. The number of rotatable bonds is 3. The van der Waals surface area contributed by atoms with Gasteiger partial charge in [0.15, 0.2) is 5.60 Å². The van der Waals surface area contributed by atoms with Gasteiger partial charge < -0.3 is 5.11 Å². The zero-order chi connectivity index (χ0) is 9.73. The van der Waals surface area contributed by atoms with Gasteiger partial charge in [-0.15, -0.1) is 6.58 Å². The topological polar surface area (TPSA) is 44.0 Å². The van der Waals surface area contributed by atoms with Crippen molar-refractivity contribution in [2.75, 3.05) is 0 Å². The van der Waals surface area contributed by atoms with Gasteiger partial charge in [0.05, 0.1) is 0 Å². The van der Waals surface area contributed by atoms with Gasteiger partial charge >= 0.3 is 0 Å². The molecule has 1 rings (SSSR count). The molecule has 1 unspecified atom stereocenters. The van der Waals surface area contributed by atoms with Crippen molar-refractivity contribution in [1.29, 1.82) is 5.26 Å². The Balaban J connectivity index is 3.04. The highest BCUT2D eigenvalue weighted by molar-refractivity contribution is 5.29. The summed E-state index contributed by atoms with van der Waals surface area (Å²) in [6, 6.07) is 10.8. The van der Waals surface area contributed by atoms with Crippen LogP contribution in [0.15, 0.2) is 43.0 Å². The van der Waals surface area contributed by atoms with Crippen LogP contribution in [0, 0.1) is 11.3 Å². The van der Waals surface area contributed by atoms with Crippen molar-refractivity contribution in [3.8, 4) is 6.07 Å². The third kappa shape index (κ3) is 1.95. The number of hydrogen-bond donors (Lipinski definition) is 1. The summed E-state index contributed by atoms with van der Waals surface area (Å²) >= 11 is 0. The lowest BCUT2D eigenvalue weighted by molar-refractivity contribution is 0.101. The Labute approximate surface area is 77.8 Å². The molecule has 2 nitrogen and oxygen atoms in total. The first-order valence-electron chi connectivity index (χ1n) is 4.03. The van der Waals surface area contributed by atoms with Gasteiger partial charge in [-0.1, -0.05) is 36.4 Å². The Kier molecular flexibility index (Phi) is 2.84. The van der Waals surface area contributed by atoms with Gasteiger partial charge in [-0.05, 0) is 5.56 Å². The van der Waals surface area contributed by atoms with Crippen LogP contribution in [0.25, 0.3) is 0 Å². The number of benzene rings is 1. The van der Waals surface area contributed by atoms with Crippen LogP contribution in [-0.4, -0.2) is 5.11 Å². The molecule has 0 saturated heterocycles. The van der Waals surface area contributed by atoms with Crippen molar-refractivity contribution in [3.63, 3.8) is 0 Å². The highest BCUT2D eigenvalue weighted by Gasteiger charge is 2.26. The Bertz CT molecular complexity index is 326. The predicted octanol–water partition coefficient (Wildman–Crippen LogP) is 1.97. The molecule has 13 heavy (non-hydrogen) atoms. The van der Waals surface area contributed by atoms with Gasteiger partial charge in [-0.25, -0.2) is 0 Å². The van der Waals surface area contributed by atoms with Crippen molar-refractivity contribution < 1.29 is 5.11 Å². The van der Waals surface area contributed by atoms with Crippen LogP contribution < -0.4 is 0 Å². The Morgan fingerprint density at radius 1 is 1.46 bits per heavy atom. The van der Waals surface area contributed by atoms with Crippen LogP contribution in [0.5, 0.6) is 0 Å². The molecule has 0 aliphatic carbocycles. The minimum atomic E-state index is -1.43. The maximum Gasteiger partial charge on any atom is 0.180 e. The van der Waals surface area contributed by atoms with Gasteiger partial charge in [0.2, 0.25) is 0 Å². The van der Waals surface area contributed by atoms with Gasteiger partial charge in [-0.2, -0.15) is 5.26 Å². The molecule has 1 aromatic rings. The van der Waals surface area contributed by atoms with E-state index < -0.39 is 5.60 Å². The van der Waals surface area contributed by atoms with Crippen LogP contribution in [-0.2, 0) is 5.60 Å². The van der Waals surface area contributed by atoms with E-state index >= 15 is 0 Å². The molecule has 1 N–H and O–H groups in total. The molecule has 0 aliphatic rings. The highest BCUT2D eigenvalue weighted by Crippen LogP contribution is 2.23. The van der Waals surface area contributed by atoms with Gasteiger partial charge in [-0.3, -0.25) is 0 Å². The van der Waals surface area contributed by atoms with Crippen LogP contribution >= 0.6 is 0 Å². The largest absolute Gasteiger partial charge is 0.371 e. The van der Waals surface area contributed by atoms with Gasteiger partial charge in [0.1, 0.15) is 6.07 Å². The zero-order valence-electron chi connectivity index (χ0n) is 7.27. The van der Waals surface area contributed by atoms with E-state index in [1.54, 1.807) is 24.3 Å². The lowest BCUT2D eigenvalue weighted by Crippen LogP contribution is -2.22. The molecule has 0 heterocycles. The lowest BCUT2D eigenvalue weighted by atomic mass is 9.92. The minimum absolute atomic E-state index is 0.244. The van der Waals surface area contributed by atoms with Crippen molar-refractivity contribution in [3.05, 3.63) is 48.6 Å². The fourth-order valence-corrected chi connectivity index (χ4v) is 1.15. The average Bonchev–Trinajstić information content (AvgIpc) is 2.19. The van der Waals surface area contributed by atoms with E-state index in [1.807, 2.05) is 12.1 Å². The second-order valence-electron chi connectivity index (χ2n) is 2.83. The van der Waals surface area contributed by atoms with Crippen LogP contribution in [0.4, 0.5) is 0 Å². The fourth-order valence-electron chi connectivity index (χ4n) is 1.15. The maximum absolute atomic E-state index is 9.86. The zero-order valence-corrected chi connectivity index (χ0v) is 7.27. The summed E-state index contributed by atoms with van der Waals surface area (Å²) in [6.45, 7) is 3.51. The molecule has 66 valence electrons. The average molecular weight is 173 g/mol. The molecule has 0 aliphatic heterocycles. The summed E-state index contributed by atoms with van der Waals surface area (Å²) in [5, 5.41) is 18.7. The van der Waals surface area contributed by atoms with Gasteiger partial charge in [0.25, 0.3) is 0 Å². The smallest absolute Gasteiger partial charge is 0.180 e. The quantitative estimate of drug-likeness (QED) is 0.561. The van der Waals surface area contributed by atoms with E-state index in [0.29, 0.717) is 5.56 Å². The molecule has 0 bridgehead atoms. The summed E-state index contributed by atoms with van der Waals surface area (Å²) in [5.74, 6) is 0. The van der Waals surface area contributed by atoms with E-state index in [-0.39, 0.29) is 6.42 Å². The molecule has 0 amide bonds. The highest BCUT2D eigenvalue weighted by atomic mass is 16.3. The first-order valence-corrected chi connectivity index (χ1v) is 4.03. The maximum atomic E-state index is 9.86. The monoisotopic (exact) mass is 173 g/mol. The Hall–Kier alpha value is -1.59. The first-order chi connectivity index (χ1) is 6.23. The molecule has 2 heteroatoms. The minimum Gasteiger partial charge on any atom is -0.371 e. The molecule has 0 spiro atoms. The molecular formula is C11H11NO. The summed E-state index contributed by atoms with van der Waals surface area (Å²) in [6.07, 6.45) is 1.78. The molecule has 0 aromatic heterocycles. The van der Waals surface area contributed by atoms with Crippen molar-refractivity contribution in [1.82, 2.24) is 0 Å². The van der Waals surface area contributed by atoms with E-state index in [1.165, 1.54) is 6.08 Å². The van der Waals surface area contributed by atoms with Crippen molar-refractivity contribution in [2.24, 2.45) is 0 Å². The van der Waals surface area contributed by atoms with Crippen LogP contribution in [0.2, 0.25) is 0 Å². The van der Waals surface area contributed by atoms with E-state index in [9.17, 15) is 5.11 Å². The normalized spacial score (nSPS) is 14.2. The molecule has 0 radical (unpaired) electrons. The summed E-state index contributed by atoms with van der Waals surface area (Å²) in [7, 11) is 0. The Morgan fingerprint density at radius 2 is 2.08 bits per heavy atom. The summed E-state index contributed by atoms with van der Waals surface area (Å²) in [4.78, 5) is 0. The van der Waals surface area contributed by atoms with Crippen molar-refractivity contribution >= 4 is 0 Å². The number of nitrogens with zero attached hydrogens (tertiary/aromatic N) is 1. The number of nitriles is 1. The molecule has 1 aromatic carbocycles. The van der Waals surface area contributed by atoms with E-state index in [2.05, 4.69) is 6.58 Å². The SMILES string of the molecule is C=CCC(O)(C#N)c1ccccc1. The van der Waals surface area contributed by atoms with Gasteiger partial charge in [0, 0.05) is 6.42 Å². The van der Waals surface area contributed by atoms with Crippen molar-refractivity contribution in [2.45, 2.75) is 12.0 Å². The molecular weight excluding hydrogens is 162 g/mol. The van der Waals surface area contributed by atoms with Crippen LogP contribution in [0.3, 0.4) is 0 Å². The fraction of sp³-hybridized carbons (Fsp3) is 0.182. The standard InChI is InChI=1S/C11H11NO/c1-2-8-11(13,9-12)10-6-4-3-5-7-10/h2-7,13H,1,8H2. The number of aliphatic hydroxyl groups is 1. The first kappa shape index (κ1) is 9.50. The van der Waals surface area contributed by atoms with E-state index in [4.69, 9.17) is 5.26 Å². The summed E-state index contributed by atoms with van der Waals surface area (Å²) < 4.78 is 0. The van der Waals surface area contributed by atoms with Crippen LogP contribution in [0.1, 0.15) is 12.0 Å². The molecule has 0 fully saturated rings. The molecule has 0 saturated carbocycles. The third-order valence-corrected chi connectivity index (χ3v) is 1.88. The number of hydrogen-bond acceptors (Lipinski definition) is 2. The second kappa shape index (κ2) is 3.88. The summed E-state index contributed by atoms with van der Waals surface area (Å²) in [5.41, 5.74) is -0.819. The predicted molar refractivity (Wildman–Crippen MR) is 50.8 cm³/mol. The lowest BCUT2D eigenvalue weighted by Gasteiger charge is -2.18. The van der Waals surface area contributed by atoms with E-state index in [0.717, 1.165) is 0 Å². The second-order valence-corrected chi connectivity index (χ2v) is 2.83. The third-order valence-electron chi connectivity index (χ3n) is 1.88.